The molecule has 15 heavy (non-hydrogen) atoms. The minimum atomic E-state index is 0.598. The van der Waals surface area contributed by atoms with Crippen molar-refractivity contribution in [1.82, 2.24) is 5.32 Å². The maximum absolute atomic E-state index is 5.64. The maximum Gasteiger partial charge on any atom is 0.188 e. The predicted molar refractivity (Wildman–Crippen MR) is 66.0 cm³/mol. The van der Waals surface area contributed by atoms with Gasteiger partial charge in [0.15, 0.2) is 5.96 Å². The van der Waals surface area contributed by atoms with Gasteiger partial charge in [-0.15, -0.1) is 0 Å². The molecule has 0 bridgehead atoms. The van der Waals surface area contributed by atoms with Crippen molar-refractivity contribution >= 4 is 5.96 Å². The molecule has 0 radical (unpaired) electrons. The fourth-order valence-electron chi connectivity index (χ4n) is 2.29. The molecule has 3 nitrogen and oxygen atoms in total. The fourth-order valence-corrected chi connectivity index (χ4v) is 2.29. The molecule has 0 unspecified atom stereocenters. The highest BCUT2D eigenvalue weighted by Crippen LogP contribution is 2.27. The molecule has 0 aromatic heterocycles. The number of hydrogen-bond donors (Lipinski definition) is 2. The molecule has 1 saturated carbocycles. The molecule has 88 valence electrons. The number of aliphatic imine (C=N–C) groups is 1. The number of nitrogens with zero attached hydrogens (tertiary/aromatic N) is 1. The molecule has 0 aromatic rings. The van der Waals surface area contributed by atoms with Crippen molar-refractivity contribution in [2.75, 3.05) is 13.1 Å². The van der Waals surface area contributed by atoms with Crippen LogP contribution in [0.5, 0.6) is 0 Å². The van der Waals surface area contributed by atoms with Crippen LogP contribution in [-0.2, 0) is 0 Å². The number of nitrogens with one attached hydrogen (secondary N) is 1. The molecular formula is C12H25N3. The van der Waals surface area contributed by atoms with Crippen LogP contribution in [0.4, 0.5) is 0 Å². The van der Waals surface area contributed by atoms with E-state index in [9.17, 15) is 0 Å². The molecule has 1 fully saturated rings. The van der Waals surface area contributed by atoms with Gasteiger partial charge in [0.1, 0.15) is 0 Å². The predicted octanol–water partition coefficient (Wildman–Crippen LogP) is 2.27. The zero-order valence-electron chi connectivity index (χ0n) is 9.97. The quantitative estimate of drug-likeness (QED) is 0.416. The molecule has 0 aliphatic heterocycles. The van der Waals surface area contributed by atoms with Crippen molar-refractivity contribution in [1.29, 1.82) is 0 Å². The zero-order valence-corrected chi connectivity index (χ0v) is 9.97. The molecule has 0 amide bonds. The summed E-state index contributed by atoms with van der Waals surface area (Å²) in [4.78, 5) is 4.28. The molecule has 1 aliphatic carbocycles. The second kappa shape index (κ2) is 7.55. The van der Waals surface area contributed by atoms with Gasteiger partial charge in [-0.3, -0.25) is 4.99 Å². The molecule has 3 N–H and O–H groups in total. The summed E-state index contributed by atoms with van der Waals surface area (Å²) in [6.45, 7) is 3.78. The Morgan fingerprint density at radius 1 is 1.33 bits per heavy atom. The average molecular weight is 211 g/mol. The van der Waals surface area contributed by atoms with E-state index in [0.717, 1.165) is 19.0 Å². The summed E-state index contributed by atoms with van der Waals surface area (Å²) in [5, 5.41) is 3.01. The van der Waals surface area contributed by atoms with E-state index in [4.69, 9.17) is 5.73 Å². The van der Waals surface area contributed by atoms with Gasteiger partial charge in [0.25, 0.3) is 0 Å². The Kier molecular flexibility index (Phi) is 6.21. The third-order valence-corrected chi connectivity index (χ3v) is 3.14. The first-order valence-corrected chi connectivity index (χ1v) is 6.36. The van der Waals surface area contributed by atoms with Crippen LogP contribution in [0.25, 0.3) is 0 Å². The number of hydrogen-bond acceptors (Lipinski definition) is 1. The van der Waals surface area contributed by atoms with Gasteiger partial charge in [0.05, 0.1) is 0 Å². The molecule has 0 spiro atoms. The molecule has 3 heteroatoms. The van der Waals surface area contributed by atoms with Crippen molar-refractivity contribution in [2.45, 2.75) is 51.9 Å². The normalized spacial score (nSPS) is 19.1. The lowest BCUT2D eigenvalue weighted by molar-refractivity contribution is 0.334. The molecular weight excluding hydrogens is 186 g/mol. The lowest BCUT2D eigenvalue weighted by Gasteiger charge is -2.20. The highest BCUT2D eigenvalue weighted by atomic mass is 15.1. The summed E-state index contributed by atoms with van der Waals surface area (Å²) in [5.74, 6) is 1.57. The lowest BCUT2D eigenvalue weighted by Crippen LogP contribution is -2.31. The highest BCUT2D eigenvalue weighted by molar-refractivity contribution is 5.77. The smallest absolute Gasteiger partial charge is 0.188 e. The van der Waals surface area contributed by atoms with Gasteiger partial charge in [-0.25, -0.2) is 0 Å². The van der Waals surface area contributed by atoms with Crippen LogP contribution in [-0.4, -0.2) is 19.0 Å². The average Bonchev–Trinajstić information content (AvgIpc) is 2.26. The van der Waals surface area contributed by atoms with E-state index in [1.54, 1.807) is 0 Å². The van der Waals surface area contributed by atoms with E-state index >= 15 is 0 Å². The SMILES string of the molecule is CCNC(N)=NCCCC1CCCCC1. The molecule has 0 aromatic carbocycles. The summed E-state index contributed by atoms with van der Waals surface area (Å²) in [6.07, 6.45) is 9.72. The van der Waals surface area contributed by atoms with Crippen LogP contribution in [0.3, 0.4) is 0 Å². The first-order chi connectivity index (χ1) is 7.33. The first-order valence-electron chi connectivity index (χ1n) is 6.36. The summed E-state index contributed by atoms with van der Waals surface area (Å²) < 4.78 is 0. The number of nitrogens with two attached hydrogens (primary N) is 1. The second-order valence-electron chi connectivity index (χ2n) is 4.44. The number of guanidine groups is 1. The topological polar surface area (TPSA) is 50.4 Å². The summed E-state index contributed by atoms with van der Waals surface area (Å²) >= 11 is 0. The Morgan fingerprint density at radius 2 is 2.07 bits per heavy atom. The highest BCUT2D eigenvalue weighted by Gasteiger charge is 2.12. The van der Waals surface area contributed by atoms with Gasteiger partial charge < -0.3 is 11.1 Å². The summed E-state index contributed by atoms with van der Waals surface area (Å²) in [7, 11) is 0. The van der Waals surface area contributed by atoms with E-state index in [1.807, 2.05) is 6.92 Å². The van der Waals surface area contributed by atoms with Crippen LogP contribution in [0.1, 0.15) is 51.9 Å². The van der Waals surface area contributed by atoms with Crippen molar-refractivity contribution < 1.29 is 0 Å². The third-order valence-electron chi connectivity index (χ3n) is 3.14. The van der Waals surface area contributed by atoms with E-state index in [0.29, 0.717) is 5.96 Å². The maximum atomic E-state index is 5.64. The molecule has 0 heterocycles. The van der Waals surface area contributed by atoms with Crippen molar-refractivity contribution in [3.63, 3.8) is 0 Å². The van der Waals surface area contributed by atoms with Gasteiger partial charge in [-0.05, 0) is 25.7 Å². The van der Waals surface area contributed by atoms with E-state index in [-0.39, 0.29) is 0 Å². The number of rotatable bonds is 5. The van der Waals surface area contributed by atoms with Gasteiger partial charge in [-0.1, -0.05) is 32.1 Å². The van der Waals surface area contributed by atoms with Crippen molar-refractivity contribution in [3.8, 4) is 0 Å². The Labute approximate surface area is 93.5 Å². The van der Waals surface area contributed by atoms with E-state index in [1.165, 1.54) is 44.9 Å². The van der Waals surface area contributed by atoms with Gasteiger partial charge >= 0.3 is 0 Å². The lowest BCUT2D eigenvalue weighted by atomic mass is 9.86. The van der Waals surface area contributed by atoms with Crippen molar-refractivity contribution in [2.24, 2.45) is 16.6 Å². The molecule has 0 saturated heterocycles. The minimum absolute atomic E-state index is 0.598. The third kappa shape index (κ3) is 5.65. The Balaban J connectivity index is 2.02. The fraction of sp³-hybridized carbons (Fsp3) is 0.917. The monoisotopic (exact) mass is 211 g/mol. The Morgan fingerprint density at radius 3 is 2.73 bits per heavy atom. The molecule has 0 atom stereocenters. The summed E-state index contributed by atoms with van der Waals surface area (Å²) in [6, 6.07) is 0. The van der Waals surface area contributed by atoms with Crippen LogP contribution >= 0.6 is 0 Å². The first kappa shape index (κ1) is 12.3. The zero-order chi connectivity index (χ0) is 10.9. The van der Waals surface area contributed by atoms with Crippen LogP contribution < -0.4 is 11.1 Å². The molecule has 1 aliphatic rings. The van der Waals surface area contributed by atoms with Crippen LogP contribution in [0.2, 0.25) is 0 Å². The van der Waals surface area contributed by atoms with Gasteiger partial charge in [0, 0.05) is 13.1 Å². The Hall–Kier alpha value is -0.730. The van der Waals surface area contributed by atoms with Crippen LogP contribution in [0, 0.1) is 5.92 Å². The largest absolute Gasteiger partial charge is 0.370 e. The van der Waals surface area contributed by atoms with E-state index < -0.39 is 0 Å². The molecule has 1 rings (SSSR count). The second-order valence-corrected chi connectivity index (χ2v) is 4.44. The minimum Gasteiger partial charge on any atom is -0.370 e. The summed E-state index contributed by atoms with van der Waals surface area (Å²) in [5.41, 5.74) is 5.64. The Bertz CT molecular complexity index is 183. The van der Waals surface area contributed by atoms with Gasteiger partial charge in [-0.2, -0.15) is 0 Å². The van der Waals surface area contributed by atoms with Crippen LogP contribution in [0.15, 0.2) is 4.99 Å². The standard InChI is InChI=1S/C12H25N3/c1-2-14-12(13)15-10-6-9-11-7-4-3-5-8-11/h11H,2-10H2,1H3,(H3,13,14,15). The van der Waals surface area contributed by atoms with Gasteiger partial charge in [0.2, 0.25) is 0 Å². The van der Waals surface area contributed by atoms with Crippen molar-refractivity contribution in [3.05, 3.63) is 0 Å². The van der Waals surface area contributed by atoms with E-state index in [2.05, 4.69) is 10.3 Å².